The molecule has 1 atom stereocenters. The second kappa shape index (κ2) is 6.94. The molecule has 4 aromatic rings. The number of anilines is 1. The molecule has 1 unspecified atom stereocenters. The number of aromatic nitrogens is 4. The van der Waals surface area contributed by atoms with Gasteiger partial charge in [0.15, 0.2) is 0 Å². The van der Waals surface area contributed by atoms with Crippen molar-refractivity contribution in [1.29, 1.82) is 0 Å². The van der Waals surface area contributed by atoms with E-state index >= 15 is 0 Å². The minimum Gasteiger partial charge on any atom is -0.351 e. The zero-order valence-electron chi connectivity index (χ0n) is 15.3. The Morgan fingerprint density at radius 1 is 1.21 bits per heavy atom. The number of hydrogen-bond donors (Lipinski definition) is 4. The summed E-state index contributed by atoms with van der Waals surface area (Å²) in [5.41, 5.74) is 2.11. The zero-order chi connectivity index (χ0) is 20.0. The molecular formula is C20H18FN5O3. The number of H-pyrrole nitrogens is 2. The number of aliphatic hydroxyl groups is 1. The van der Waals surface area contributed by atoms with Gasteiger partial charge >= 0.3 is 0 Å². The molecule has 4 N–H and O–H groups in total. The molecule has 0 aliphatic heterocycles. The molecule has 8 nitrogen and oxygen atoms in total. The maximum Gasteiger partial charge on any atom is 0.272 e. The van der Waals surface area contributed by atoms with E-state index < -0.39 is 12.2 Å². The Kier molecular flexibility index (Phi) is 4.26. The summed E-state index contributed by atoms with van der Waals surface area (Å²) in [5.74, 6) is -0.0757. The molecule has 9 heteroatoms. The summed E-state index contributed by atoms with van der Waals surface area (Å²) in [6.07, 6.45) is 1.94. The van der Waals surface area contributed by atoms with E-state index in [4.69, 9.17) is 4.74 Å². The van der Waals surface area contributed by atoms with Crippen LogP contribution < -0.4 is 10.9 Å². The largest absolute Gasteiger partial charge is 0.351 e. The van der Waals surface area contributed by atoms with Crippen LogP contribution in [0.1, 0.15) is 19.3 Å². The molecule has 0 amide bonds. The van der Waals surface area contributed by atoms with Crippen molar-refractivity contribution in [3.63, 3.8) is 0 Å². The maximum absolute atomic E-state index is 13.8. The van der Waals surface area contributed by atoms with Gasteiger partial charge in [-0.25, -0.2) is 14.5 Å². The number of nitrogens with one attached hydrogen (secondary N) is 3. The van der Waals surface area contributed by atoms with Crippen LogP contribution in [0.15, 0.2) is 41.2 Å². The van der Waals surface area contributed by atoms with Crippen molar-refractivity contribution < 1.29 is 14.2 Å². The lowest BCUT2D eigenvalue weighted by Crippen LogP contribution is -2.32. The monoisotopic (exact) mass is 395 g/mol. The zero-order valence-corrected chi connectivity index (χ0v) is 15.3. The fraction of sp³-hybridized carbons (Fsp3) is 0.250. The van der Waals surface area contributed by atoms with Gasteiger partial charge in [0, 0.05) is 10.9 Å². The summed E-state index contributed by atoms with van der Waals surface area (Å²) >= 11 is 0. The highest BCUT2D eigenvalue weighted by atomic mass is 19.1. The van der Waals surface area contributed by atoms with E-state index in [-0.39, 0.29) is 11.7 Å². The Balaban J connectivity index is 1.49. The third-order valence-corrected chi connectivity index (χ3v) is 5.14. The van der Waals surface area contributed by atoms with Crippen LogP contribution in [0.25, 0.3) is 33.1 Å². The Morgan fingerprint density at radius 3 is 2.86 bits per heavy atom. The third kappa shape index (κ3) is 3.34. The molecule has 0 bridgehead atoms. The number of hydrogen-bond acceptors (Lipinski definition) is 6. The quantitative estimate of drug-likeness (QED) is 0.386. The van der Waals surface area contributed by atoms with Crippen LogP contribution in [0, 0.1) is 5.82 Å². The number of imidazole rings is 1. The van der Waals surface area contributed by atoms with Gasteiger partial charge in [-0.15, -0.1) is 0 Å². The van der Waals surface area contributed by atoms with Crippen LogP contribution in [0.4, 0.5) is 10.3 Å². The molecule has 1 aliphatic rings. The van der Waals surface area contributed by atoms with Crippen LogP contribution in [-0.4, -0.2) is 37.8 Å². The first-order valence-electron chi connectivity index (χ1n) is 9.35. The molecule has 2 aromatic carbocycles. The summed E-state index contributed by atoms with van der Waals surface area (Å²) in [4.78, 5) is 19.5. The smallest absolute Gasteiger partial charge is 0.272 e. The molecule has 2 heterocycles. The van der Waals surface area contributed by atoms with Gasteiger partial charge < -0.3 is 20.1 Å². The van der Waals surface area contributed by atoms with E-state index in [1.54, 1.807) is 18.2 Å². The lowest BCUT2D eigenvalue weighted by Gasteiger charge is -2.28. The van der Waals surface area contributed by atoms with Gasteiger partial charge in [-0.1, -0.05) is 6.07 Å². The average Bonchev–Trinajstić information content (AvgIpc) is 3.06. The van der Waals surface area contributed by atoms with Gasteiger partial charge in [0.1, 0.15) is 5.82 Å². The number of benzene rings is 2. The summed E-state index contributed by atoms with van der Waals surface area (Å²) in [6.45, 7) is 0. The molecule has 29 heavy (non-hydrogen) atoms. The summed E-state index contributed by atoms with van der Waals surface area (Å²) < 4.78 is 19.2. The van der Waals surface area contributed by atoms with Gasteiger partial charge in [-0.05, 0) is 49.6 Å². The molecule has 148 valence electrons. The highest BCUT2D eigenvalue weighted by Gasteiger charge is 2.22. The first-order chi connectivity index (χ1) is 14.1. The summed E-state index contributed by atoms with van der Waals surface area (Å²) in [6, 6.07) is 9.36. The normalized spacial score (nSPS) is 15.5. The molecule has 1 fully saturated rings. The molecule has 1 saturated carbocycles. The Morgan fingerprint density at radius 2 is 2.07 bits per heavy atom. The SMILES string of the molecule is O=c1[nH]nc(-c2ccc3[nH]c(NC(O)OC4CCC4)nc3c2)c2cc(F)ccc12. The topological polar surface area (TPSA) is 116 Å². The van der Waals surface area contributed by atoms with Crippen LogP contribution in [0.2, 0.25) is 0 Å². The van der Waals surface area contributed by atoms with E-state index in [9.17, 15) is 14.3 Å². The molecule has 5 rings (SSSR count). The molecule has 1 aliphatic carbocycles. The highest BCUT2D eigenvalue weighted by molar-refractivity contribution is 5.95. The number of rotatable bonds is 5. The second-order valence-corrected chi connectivity index (χ2v) is 7.09. The second-order valence-electron chi connectivity index (χ2n) is 7.09. The van der Waals surface area contributed by atoms with Gasteiger partial charge in [0.05, 0.1) is 28.2 Å². The fourth-order valence-corrected chi connectivity index (χ4v) is 3.42. The van der Waals surface area contributed by atoms with Crippen molar-refractivity contribution in [2.45, 2.75) is 31.8 Å². The molecule has 0 spiro atoms. The van der Waals surface area contributed by atoms with Crippen LogP contribution in [0.5, 0.6) is 0 Å². The number of ether oxygens (including phenoxy) is 1. The number of halogens is 1. The molecule has 0 saturated heterocycles. The van der Waals surface area contributed by atoms with E-state index in [1.807, 2.05) is 0 Å². The number of aromatic amines is 2. The predicted octanol–water partition coefficient (Wildman–Crippen LogP) is 2.86. The maximum atomic E-state index is 13.8. The van der Waals surface area contributed by atoms with Crippen LogP contribution >= 0.6 is 0 Å². The average molecular weight is 395 g/mol. The standard InChI is InChI=1S/C20H18FN5O3/c21-11-5-6-13-14(9-11)17(25-26-18(13)27)10-4-7-15-16(8-10)23-19(22-15)24-20(28)29-12-2-1-3-12/h4-9,12,20,28H,1-3H2,(H,26,27)(H2,22,23,24). The van der Waals surface area contributed by atoms with Crippen molar-refractivity contribution >= 4 is 27.8 Å². The van der Waals surface area contributed by atoms with Gasteiger partial charge in [-0.3, -0.25) is 4.79 Å². The number of aliphatic hydroxyl groups excluding tert-OH is 1. The van der Waals surface area contributed by atoms with Gasteiger partial charge in [0.25, 0.3) is 5.56 Å². The van der Waals surface area contributed by atoms with Crippen molar-refractivity contribution in [2.24, 2.45) is 0 Å². The van der Waals surface area contributed by atoms with Crippen LogP contribution in [0.3, 0.4) is 0 Å². The number of fused-ring (bicyclic) bond motifs is 2. The minimum absolute atomic E-state index is 0.0773. The summed E-state index contributed by atoms with van der Waals surface area (Å²) in [7, 11) is 0. The lowest BCUT2D eigenvalue weighted by molar-refractivity contribution is -0.139. The number of nitrogens with zero attached hydrogens (tertiary/aromatic N) is 2. The van der Waals surface area contributed by atoms with Crippen molar-refractivity contribution in [2.75, 3.05) is 5.32 Å². The summed E-state index contributed by atoms with van der Waals surface area (Å²) in [5, 5.41) is 20.1. The third-order valence-electron chi connectivity index (χ3n) is 5.14. The van der Waals surface area contributed by atoms with Crippen molar-refractivity contribution in [1.82, 2.24) is 20.2 Å². The van der Waals surface area contributed by atoms with E-state index in [0.717, 1.165) is 24.8 Å². The van der Waals surface area contributed by atoms with E-state index in [0.29, 0.717) is 33.5 Å². The van der Waals surface area contributed by atoms with Gasteiger partial charge in [-0.2, -0.15) is 5.10 Å². The minimum atomic E-state index is -1.15. The molecule has 2 aromatic heterocycles. The van der Waals surface area contributed by atoms with E-state index in [2.05, 4.69) is 25.5 Å². The van der Waals surface area contributed by atoms with Gasteiger partial charge in [0.2, 0.25) is 12.4 Å². The van der Waals surface area contributed by atoms with Crippen molar-refractivity contribution in [3.05, 3.63) is 52.6 Å². The highest BCUT2D eigenvalue weighted by Crippen LogP contribution is 2.28. The Bertz CT molecular complexity index is 1260. The lowest BCUT2D eigenvalue weighted by atomic mass is 9.96. The first kappa shape index (κ1) is 17.8. The van der Waals surface area contributed by atoms with Crippen LogP contribution in [-0.2, 0) is 4.74 Å². The Hall–Kier alpha value is -3.30. The Labute approximate surface area is 163 Å². The fourth-order valence-electron chi connectivity index (χ4n) is 3.42. The molecular weight excluding hydrogens is 377 g/mol. The van der Waals surface area contributed by atoms with Crippen molar-refractivity contribution in [3.8, 4) is 11.3 Å². The molecule has 0 radical (unpaired) electrons. The first-order valence-corrected chi connectivity index (χ1v) is 9.35. The van der Waals surface area contributed by atoms with E-state index in [1.165, 1.54) is 18.2 Å². The predicted molar refractivity (Wildman–Crippen MR) is 106 cm³/mol.